The molecule has 1 atom stereocenters. The van der Waals surface area contributed by atoms with Gasteiger partial charge in [-0.3, -0.25) is 4.79 Å². The van der Waals surface area contributed by atoms with E-state index in [1.807, 2.05) is 30.3 Å². The number of benzene rings is 2. The Hall–Kier alpha value is -2.40. The third kappa shape index (κ3) is 3.98. The minimum atomic E-state index is 0.0253. The zero-order chi connectivity index (χ0) is 18.8. The maximum Gasteiger partial charge on any atom is 0.225 e. The van der Waals surface area contributed by atoms with E-state index in [9.17, 15) is 4.79 Å². The van der Waals surface area contributed by atoms with E-state index in [4.69, 9.17) is 4.98 Å². The van der Waals surface area contributed by atoms with Crippen molar-refractivity contribution in [1.82, 2.24) is 10.3 Å². The molecule has 1 fully saturated rings. The standard InChI is InChI=1S/C22H25N3OS/c1-15-11-16(2)20-19(12-15)27-22(24-20)25-10-6-9-18(14-25)21(26)23-13-17-7-4-3-5-8-17/h3-5,7-8,11-12,18H,6,9-10,13-14H2,1-2H3,(H,23,26)/t18-/m1/s1. The van der Waals surface area contributed by atoms with Crippen LogP contribution in [-0.4, -0.2) is 24.0 Å². The van der Waals surface area contributed by atoms with Crippen LogP contribution in [0.3, 0.4) is 0 Å². The van der Waals surface area contributed by atoms with Crippen molar-refractivity contribution < 1.29 is 4.79 Å². The Morgan fingerprint density at radius 3 is 2.89 bits per heavy atom. The van der Waals surface area contributed by atoms with Crippen LogP contribution in [0.5, 0.6) is 0 Å². The van der Waals surface area contributed by atoms with Gasteiger partial charge in [-0.15, -0.1) is 0 Å². The van der Waals surface area contributed by atoms with E-state index in [1.165, 1.54) is 15.8 Å². The second-order valence-corrected chi connectivity index (χ2v) is 8.42. The molecule has 2 aromatic carbocycles. The smallest absolute Gasteiger partial charge is 0.225 e. The van der Waals surface area contributed by atoms with E-state index in [2.05, 4.69) is 36.2 Å². The molecule has 0 unspecified atom stereocenters. The number of anilines is 1. The Labute approximate surface area is 164 Å². The van der Waals surface area contributed by atoms with Crippen molar-refractivity contribution in [2.75, 3.05) is 18.0 Å². The van der Waals surface area contributed by atoms with Gasteiger partial charge in [0.05, 0.1) is 16.1 Å². The van der Waals surface area contributed by atoms with Gasteiger partial charge in [-0.1, -0.05) is 47.7 Å². The van der Waals surface area contributed by atoms with Crippen LogP contribution in [0.25, 0.3) is 10.2 Å². The van der Waals surface area contributed by atoms with Gasteiger partial charge in [-0.25, -0.2) is 4.98 Å². The topological polar surface area (TPSA) is 45.2 Å². The Bertz CT molecular complexity index is 951. The van der Waals surface area contributed by atoms with Crippen LogP contribution < -0.4 is 10.2 Å². The van der Waals surface area contributed by atoms with E-state index in [0.29, 0.717) is 6.54 Å². The summed E-state index contributed by atoms with van der Waals surface area (Å²) in [7, 11) is 0. The molecule has 2 heterocycles. The SMILES string of the molecule is Cc1cc(C)c2nc(N3CCC[C@@H](C(=O)NCc4ccccc4)C3)sc2c1. The van der Waals surface area contributed by atoms with Crippen LogP contribution >= 0.6 is 11.3 Å². The number of fused-ring (bicyclic) bond motifs is 1. The Balaban J connectivity index is 1.45. The average molecular weight is 380 g/mol. The summed E-state index contributed by atoms with van der Waals surface area (Å²) >= 11 is 1.74. The number of nitrogens with one attached hydrogen (secondary N) is 1. The van der Waals surface area contributed by atoms with Crippen molar-refractivity contribution >= 4 is 32.6 Å². The second-order valence-electron chi connectivity index (χ2n) is 7.41. The van der Waals surface area contributed by atoms with Crippen LogP contribution in [-0.2, 0) is 11.3 Å². The molecule has 1 aliphatic rings. The number of nitrogens with zero attached hydrogens (tertiary/aromatic N) is 2. The molecule has 0 radical (unpaired) electrons. The molecule has 0 saturated carbocycles. The van der Waals surface area contributed by atoms with Crippen LogP contribution in [0.2, 0.25) is 0 Å². The fourth-order valence-electron chi connectivity index (χ4n) is 3.79. The van der Waals surface area contributed by atoms with Gasteiger partial charge in [-0.2, -0.15) is 0 Å². The third-order valence-electron chi connectivity index (χ3n) is 5.19. The number of carbonyl (C=O) groups is 1. The first-order chi connectivity index (χ1) is 13.1. The zero-order valence-electron chi connectivity index (χ0n) is 15.9. The molecule has 5 heteroatoms. The molecule has 1 aliphatic heterocycles. The van der Waals surface area contributed by atoms with Crippen LogP contribution in [0.15, 0.2) is 42.5 Å². The van der Waals surface area contributed by atoms with E-state index in [0.717, 1.165) is 42.1 Å². The molecule has 0 bridgehead atoms. The first kappa shape index (κ1) is 18.0. The fraction of sp³-hybridized carbons (Fsp3) is 0.364. The zero-order valence-corrected chi connectivity index (χ0v) is 16.7. The molecule has 1 aromatic heterocycles. The Kier molecular flexibility index (Phi) is 5.12. The van der Waals surface area contributed by atoms with Gasteiger partial charge in [0.1, 0.15) is 0 Å². The number of piperidine rings is 1. The summed E-state index contributed by atoms with van der Waals surface area (Å²) in [5.74, 6) is 0.175. The molecule has 0 spiro atoms. The highest BCUT2D eigenvalue weighted by Crippen LogP contribution is 2.33. The lowest BCUT2D eigenvalue weighted by atomic mass is 9.97. The van der Waals surface area contributed by atoms with E-state index < -0.39 is 0 Å². The monoisotopic (exact) mass is 379 g/mol. The third-order valence-corrected chi connectivity index (χ3v) is 6.25. The molecule has 3 aromatic rings. The number of thiazole rings is 1. The largest absolute Gasteiger partial charge is 0.352 e. The first-order valence-corrected chi connectivity index (χ1v) is 10.4. The van der Waals surface area contributed by atoms with Gasteiger partial charge >= 0.3 is 0 Å². The van der Waals surface area contributed by atoms with Gasteiger partial charge in [-0.05, 0) is 49.4 Å². The Morgan fingerprint density at radius 1 is 1.26 bits per heavy atom. The summed E-state index contributed by atoms with van der Waals surface area (Å²) in [5.41, 5.74) is 4.72. The highest BCUT2D eigenvalue weighted by atomic mass is 32.1. The summed E-state index contributed by atoms with van der Waals surface area (Å²) in [6.07, 6.45) is 1.97. The Morgan fingerprint density at radius 2 is 2.07 bits per heavy atom. The van der Waals surface area contributed by atoms with Crippen LogP contribution in [0.1, 0.15) is 29.5 Å². The molecule has 1 amide bonds. The second kappa shape index (κ2) is 7.69. The fourth-order valence-corrected chi connectivity index (χ4v) is 4.97. The van der Waals surface area contributed by atoms with Crippen LogP contribution in [0.4, 0.5) is 5.13 Å². The minimum Gasteiger partial charge on any atom is -0.352 e. The van der Waals surface area contributed by atoms with Crippen LogP contribution in [0, 0.1) is 19.8 Å². The lowest BCUT2D eigenvalue weighted by molar-refractivity contribution is -0.125. The molecule has 0 aliphatic carbocycles. The van der Waals surface area contributed by atoms with Crippen molar-refractivity contribution in [2.45, 2.75) is 33.2 Å². The van der Waals surface area contributed by atoms with Crippen molar-refractivity contribution in [3.8, 4) is 0 Å². The van der Waals surface area contributed by atoms with Crippen molar-refractivity contribution in [3.63, 3.8) is 0 Å². The molecule has 140 valence electrons. The number of aryl methyl sites for hydroxylation is 2. The quantitative estimate of drug-likeness (QED) is 0.729. The average Bonchev–Trinajstić information content (AvgIpc) is 3.11. The summed E-state index contributed by atoms with van der Waals surface area (Å²) in [6.45, 7) is 6.56. The lowest BCUT2D eigenvalue weighted by Gasteiger charge is -2.31. The van der Waals surface area contributed by atoms with E-state index in [-0.39, 0.29) is 11.8 Å². The summed E-state index contributed by atoms with van der Waals surface area (Å²) in [5, 5.41) is 4.14. The van der Waals surface area contributed by atoms with Crippen molar-refractivity contribution in [1.29, 1.82) is 0 Å². The summed E-state index contributed by atoms with van der Waals surface area (Å²) in [6, 6.07) is 14.5. The van der Waals surface area contributed by atoms with Gasteiger partial charge < -0.3 is 10.2 Å². The molecular formula is C22H25N3OS. The highest BCUT2D eigenvalue weighted by molar-refractivity contribution is 7.22. The number of aromatic nitrogens is 1. The molecule has 4 nitrogen and oxygen atoms in total. The van der Waals surface area contributed by atoms with Crippen molar-refractivity contribution in [3.05, 3.63) is 59.2 Å². The highest BCUT2D eigenvalue weighted by Gasteiger charge is 2.27. The summed E-state index contributed by atoms with van der Waals surface area (Å²) in [4.78, 5) is 19.8. The minimum absolute atomic E-state index is 0.0253. The molecule has 27 heavy (non-hydrogen) atoms. The number of hydrogen-bond acceptors (Lipinski definition) is 4. The van der Waals surface area contributed by atoms with Crippen molar-refractivity contribution in [2.24, 2.45) is 5.92 Å². The predicted molar refractivity (Wildman–Crippen MR) is 112 cm³/mol. The molecule has 1 saturated heterocycles. The predicted octanol–water partition coefficient (Wildman–Crippen LogP) is 4.45. The number of amides is 1. The van der Waals surface area contributed by atoms with Gasteiger partial charge in [0.25, 0.3) is 0 Å². The number of hydrogen-bond donors (Lipinski definition) is 1. The first-order valence-electron chi connectivity index (χ1n) is 9.54. The normalized spacial score (nSPS) is 17.3. The van der Waals surface area contributed by atoms with Gasteiger partial charge in [0.2, 0.25) is 5.91 Å². The van der Waals surface area contributed by atoms with E-state index >= 15 is 0 Å². The lowest BCUT2D eigenvalue weighted by Crippen LogP contribution is -2.42. The maximum absolute atomic E-state index is 12.7. The van der Waals surface area contributed by atoms with Gasteiger partial charge in [0.15, 0.2) is 5.13 Å². The maximum atomic E-state index is 12.7. The molecule has 4 rings (SSSR count). The van der Waals surface area contributed by atoms with E-state index in [1.54, 1.807) is 11.3 Å². The van der Waals surface area contributed by atoms with Gasteiger partial charge in [0, 0.05) is 19.6 Å². The number of rotatable bonds is 4. The summed E-state index contributed by atoms with van der Waals surface area (Å²) < 4.78 is 1.23. The molecule has 1 N–H and O–H groups in total. The molecular weight excluding hydrogens is 354 g/mol. The number of carbonyl (C=O) groups excluding carboxylic acids is 1.